The molecule has 4 fully saturated rings. The van der Waals surface area contributed by atoms with Crippen molar-refractivity contribution in [2.75, 3.05) is 6.54 Å². The normalized spacial score (nSPS) is 33.1. The molecular formula is C22H38N2O2. The van der Waals surface area contributed by atoms with Crippen LogP contribution in [0.2, 0.25) is 0 Å². The smallest absolute Gasteiger partial charge is 0.239 e. The van der Waals surface area contributed by atoms with Crippen LogP contribution in [0.1, 0.15) is 84.5 Å². The third-order valence-corrected chi connectivity index (χ3v) is 7.22. The molecular weight excluding hydrogens is 324 g/mol. The lowest BCUT2D eigenvalue weighted by molar-refractivity contribution is -0.127. The summed E-state index contributed by atoms with van der Waals surface area (Å²) in [5.41, 5.74) is 0. The van der Waals surface area contributed by atoms with Crippen molar-refractivity contribution in [2.24, 2.45) is 29.6 Å². The van der Waals surface area contributed by atoms with Crippen LogP contribution in [-0.4, -0.2) is 24.4 Å². The predicted molar refractivity (Wildman–Crippen MR) is 105 cm³/mol. The number of carbonyl (C=O) groups excluding carboxylic acids is 2. The quantitative estimate of drug-likeness (QED) is 0.576. The SMILES string of the molecule is CCCCCCCC(=O)NCC(=O)N[C@@H](C)C1C2CC3CC(C2)CC1C3. The molecule has 4 bridgehead atoms. The first-order valence-electron chi connectivity index (χ1n) is 11.1. The summed E-state index contributed by atoms with van der Waals surface area (Å²) in [6.07, 6.45) is 13.2. The molecule has 4 nitrogen and oxygen atoms in total. The lowest BCUT2D eigenvalue weighted by Crippen LogP contribution is -2.54. The molecule has 1 atom stereocenters. The van der Waals surface area contributed by atoms with E-state index in [0.717, 1.165) is 36.5 Å². The molecule has 4 aliphatic carbocycles. The van der Waals surface area contributed by atoms with E-state index in [1.807, 2.05) is 0 Å². The van der Waals surface area contributed by atoms with Gasteiger partial charge < -0.3 is 10.6 Å². The number of unbranched alkanes of at least 4 members (excludes halogenated alkanes) is 4. The van der Waals surface area contributed by atoms with Crippen molar-refractivity contribution in [3.05, 3.63) is 0 Å². The standard InChI is InChI=1S/C22H38N2O2/c1-3-4-5-6-7-8-20(25)23-14-21(26)24-15(2)22-18-10-16-9-17(12-18)13-19(22)11-16/h15-19,22H,3-14H2,1-2H3,(H,23,25)(H,24,26)/t15-,16?,17?,18?,19?,22?/m0/s1. The number of hydrogen-bond donors (Lipinski definition) is 2. The Bertz CT molecular complexity index is 463. The van der Waals surface area contributed by atoms with E-state index >= 15 is 0 Å². The monoisotopic (exact) mass is 362 g/mol. The summed E-state index contributed by atoms with van der Waals surface area (Å²) in [6, 6.07) is 0.239. The molecule has 0 spiro atoms. The fourth-order valence-electron chi connectivity index (χ4n) is 6.34. The Morgan fingerprint density at radius 3 is 2.12 bits per heavy atom. The van der Waals surface area contributed by atoms with Crippen molar-refractivity contribution < 1.29 is 9.59 Å². The highest BCUT2D eigenvalue weighted by molar-refractivity contribution is 5.84. The van der Waals surface area contributed by atoms with E-state index < -0.39 is 0 Å². The molecule has 0 aromatic heterocycles. The Labute approximate surface area is 159 Å². The predicted octanol–water partition coefficient (Wildman–Crippen LogP) is 4.04. The van der Waals surface area contributed by atoms with Gasteiger partial charge in [0.05, 0.1) is 6.54 Å². The van der Waals surface area contributed by atoms with Crippen LogP contribution in [0.5, 0.6) is 0 Å². The molecule has 26 heavy (non-hydrogen) atoms. The molecule has 0 unspecified atom stereocenters. The van der Waals surface area contributed by atoms with Gasteiger partial charge in [-0.15, -0.1) is 0 Å². The Hall–Kier alpha value is -1.06. The fourth-order valence-corrected chi connectivity index (χ4v) is 6.34. The molecule has 0 aromatic rings. The van der Waals surface area contributed by atoms with Gasteiger partial charge in [-0.25, -0.2) is 0 Å². The molecule has 148 valence electrons. The summed E-state index contributed by atoms with van der Waals surface area (Å²) in [5, 5.41) is 5.99. The van der Waals surface area contributed by atoms with Gasteiger partial charge in [0.2, 0.25) is 11.8 Å². The minimum atomic E-state index is -0.0226. The number of carbonyl (C=O) groups is 2. The van der Waals surface area contributed by atoms with Crippen molar-refractivity contribution in [3.8, 4) is 0 Å². The van der Waals surface area contributed by atoms with E-state index in [9.17, 15) is 9.59 Å². The van der Waals surface area contributed by atoms with Gasteiger partial charge in [-0.3, -0.25) is 9.59 Å². The minimum Gasteiger partial charge on any atom is -0.352 e. The highest BCUT2D eigenvalue weighted by Gasteiger charge is 2.49. The lowest BCUT2D eigenvalue weighted by Gasteiger charge is -2.56. The molecule has 0 saturated heterocycles. The van der Waals surface area contributed by atoms with Gasteiger partial charge in [-0.05, 0) is 75.0 Å². The van der Waals surface area contributed by atoms with Gasteiger partial charge in [-0.2, -0.15) is 0 Å². The van der Waals surface area contributed by atoms with Crippen molar-refractivity contribution in [1.29, 1.82) is 0 Å². The van der Waals surface area contributed by atoms with Crippen LogP contribution in [-0.2, 0) is 9.59 Å². The van der Waals surface area contributed by atoms with Gasteiger partial charge >= 0.3 is 0 Å². The average Bonchev–Trinajstić information content (AvgIpc) is 2.59. The maximum atomic E-state index is 12.3. The maximum absolute atomic E-state index is 12.3. The molecule has 2 amide bonds. The van der Waals surface area contributed by atoms with Gasteiger partial charge in [0, 0.05) is 12.5 Å². The number of hydrogen-bond acceptors (Lipinski definition) is 2. The summed E-state index contributed by atoms with van der Waals surface area (Å²) >= 11 is 0. The zero-order valence-corrected chi connectivity index (χ0v) is 16.8. The summed E-state index contributed by atoms with van der Waals surface area (Å²) in [4.78, 5) is 24.2. The molecule has 4 rings (SSSR count). The van der Waals surface area contributed by atoms with Crippen LogP contribution in [0.4, 0.5) is 0 Å². The summed E-state index contributed by atoms with van der Waals surface area (Å²) in [7, 11) is 0. The summed E-state index contributed by atoms with van der Waals surface area (Å²) < 4.78 is 0. The minimum absolute atomic E-state index is 0.0129. The van der Waals surface area contributed by atoms with Gasteiger partial charge in [0.25, 0.3) is 0 Å². The van der Waals surface area contributed by atoms with E-state index in [-0.39, 0.29) is 24.4 Å². The van der Waals surface area contributed by atoms with Gasteiger partial charge in [0.1, 0.15) is 0 Å². The Kier molecular flexibility index (Phi) is 6.99. The first kappa shape index (κ1) is 19.7. The highest BCUT2D eigenvalue weighted by Crippen LogP contribution is 2.57. The fraction of sp³-hybridized carbons (Fsp3) is 0.909. The van der Waals surface area contributed by atoms with E-state index in [2.05, 4.69) is 24.5 Å². The van der Waals surface area contributed by atoms with Gasteiger partial charge in [0.15, 0.2) is 0 Å². The van der Waals surface area contributed by atoms with Gasteiger partial charge in [-0.1, -0.05) is 32.6 Å². The summed E-state index contributed by atoms with van der Waals surface area (Å²) in [5.74, 6) is 4.21. The first-order chi connectivity index (χ1) is 12.6. The molecule has 4 aliphatic rings. The Morgan fingerprint density at radius 1 is 0.885 bits per heavy atom. The lowest BCUT2D eigenvalue weighted by atomic mass is 9.50. The van der Waals surface area contributed by atoms with Crippen molar-refractivity contribution >= 4 is 11.8 Å². The molecule has 0 heterocycles. The molecule has 0 aromatic carbocycles. The molecule has 0 radical (unpaired) electrons. The van der Waals surface area contributed by atoms with Crippen molar-refractivity contribution in [1.82, 2.24) is 10.6 Å². The van der Waals surface area contributed by atoms with Crippen LogP contribution in [0.3, 0.4) is 0 Å². The average molecular weight is 363 g/mol. The number of nitrogens with one attached hydrogen (secondary N) is 2. The van der Waals surface area contributed by atoms with Crippen LogP contribution < -0.4 is 10.6 Å². The topological polar surface area (TPSA) is 58.2 Å². The second-order valence-electron chi connectivity index (χ2n) is 9.31. The zero-order valence-electron chi connectivity index (χ0n) is 16.8. The molecule has 4 heteroatoms. The van der Waals surface area contributed by atoms with Crippen molar-refractivity contribution in [3.63, 3.8) is 0 Å². The maximum Gasteiger partial charge on any atom is 0.239 e. The third-order valence-electron chi connectivity index (χ3n) is 7.22. The zero-order chi connectivity index (χ0) is 18.5. The second-order valence-corrected chi connectivity index (χ2v) is 9.31. The molecule has 2 N–H and O–H groups in total. The second kappa shape index (κ2) is 9.23. The third kappa shape index (κ3) is 5.01. The van der Waals surface area contributed by atoms with E-state index in [1.54, 1.807) is 0 Å². The van der Waals surface area contributed by atoms with E-state index in [0.29, 0.717) is 12.3 Å². The van der Waals surface area contributed by atoms with E-state index in [1.165, 1.54) is 51.4 Å². The number of rotatable bonds is 10. The highest BCUT2D eigenvalue weighted by atomic mass is 16.2. The summed E-state index contributed by atoms with van der Waals surface area (Å²) in [6.45, 7) is 4.50. The number of amides is 2. The Balaban J connectivity index is 1.34. The molecule has 4 saturated carbocycles. The largest absolute Gasteiger partial charge is 0.352 e. The van der Waals surface area contributed by atoms with Crippen LogP contribution in [0.25, 0.3) is 0 Å². The van der Waals surface area contributed by atoms with E-state index in [4.69, 9.17) is 0 Å². The van der Waals surface area contributed by atoms with Crippen LogP contribution in [0.15, 0.2) is 0 Å². The van der Waals surface area contributed by atoms with Crippen LogP contribution in [0, 0.1) is 29.6 Å². The van der Waals surface area contributed by atoms with Crippen LogP contribution >= 0.6 is 0 Å². The Morgan fingerprint density at radius 2 is 1.50 bits per heavy atom. The van der Waals surface area contributed by atoms with Crippen molar-refractivity contribution in [2.45, 2.75) is 90.5 Å². The first-order valence-corrected chi connectivity index (χ1v) is 11.1. The molecule has 0 aliphatic heterocycles.